The predicted octanol–water partition coefficient (Wildman–Crippen LogP) is 1.76. The van der Waals surface area contributed by atoms with Crippen molar-refractivity contribution in [3.8, 4) is 17.2 Å². The highest BCUT2D eigenvalue weighted by molar-refractivity contribution is 5.46. The lowest BCUT2D eigenvalue weighted by Gasteiger charge is -2.33. The summed E-state index contributed by atoms with van der Waals surface area (Å²) in [6, 6.07) is 7.48. The molecule has 0 bridgehead atoms. The standard InChI is InChI=1S/C18H23N3O4/c22-14(11-23-15-3-4-17-18(8-15)25-12-24-17)10-21-7-1-2-13(9-21)16-5-6-19-20-16/h3-6,8,13-14,22H,1-2,7,9-12H2,(H,19,20)/t13-,14-/m1/s1. The van der Waals surface area contributed by atoms with Crippen molar-refractivity contribution in [2.45, 2.75) is 24.9 Å². The molecule has 2 aliphatic heterocycles. The number of nitrogens with one attached hydrogen (secondary N) is 1. The van der Waals surface area contributed by atoms with Crippen molar-refractivity contribution in [2.75, 3.05) is 33.0 Å². The monoisotopic (exact) mass is 345 g/mol. The van der Waals surface area contributed by atoms with E-state index in [2.05, 4.69) is 15.1 Å². The molecular weight excluding hydrogens is 322 g/mol. The zero-order valence-electron chi connectivity index (χ0n) is 14.1. The summed E-state index contributed by atoms with van der Waals surface area (Å²) >= 11 is 0. The fourth-order valence-corrected chi connectivity index (χ4v) is 3.48. The molecule has 4 rings (SSSR count). The Hall–Kier alpha value is -2.25. The van der Waals surface area contributed by atoms with Crippen molar-refractivity contribution in [2.24, 2.45) is 0 Å². The van der Waals surface area contributed by atoms with E-state index in [1.165, 1.54) is 5.69 Å². The van der Waals surface area contributed by atoms with Crippen molar-refractivity contribution in [3.05, 3.63) is 36.2 Å². The fourth-order valence-electron chi connectivity index (χ4n) is 3.48. The van der Waals surface area contributed by atoms with E-state index in [0.29, 0.717) is 24.0 Å². The second-order valence-corrected chi connectivity index (χ2v) is 6.59. The molecule has 2 aliphatic rings. The number of rotatable bonds is 6. The number of aromatic nitrogens is 2. The summed E-state index contributed by atoms with van der Waals surface area (Å²) in [6.07, 6.45) is 3.54. The van der Waals surface area contributed by atoms with Gasteiger partial charge in [0.2, 0.25) is 6.79 Å². The average molecular weight is 345 g/mol. The van der Waals surface area contributed by atoms with Crippen molar-refractivity contribution in [1.82, 2.24) is 15.1 Å². The van der Waals surface area contributed by atoms with Gasteiger partial charge in [-0.25, -0.2) is 0 Å². The number of β-amino-alcohol motifs (C(OH)–C–C–N with tert-alkyl or cyclic N) is 1. The van der Waals surface area contributed by atoms with E-state index < -0.39 is 6.10 Å². The first-order chi connectivity index (χ1) is 12.3. The second kappa shape index (κ2) is 7.33. The van der Waals surface area contributed by atoms with Crippen LogP contribution in [0.5, 0.6) is 17.2 Å². The van der Waals surface area contributed by atoms with E-state index in [9.17, 15) is 5.11 Å². The third-order valence-electron chi connectivity index (χ3n) is 4.72. The second-order valence-electron chi connectivity index (χ2n) is 6.59. The van der Waals surface area contributed by atoms with E-state index >= 15 is 0 Å². The number of ether oxygens (including phenoxy) is 3. The Morgan fingerprint density at radius 2 is 2.24 bits per heavy atom. The quantitative estimate of drug-likeness (QED) is 0.830. The van der Waals surface area contributed by atoms with E-state index in [1.807, 2.05) is 18.2 Å². The molecule has 7 heteroatoms. The summed E-state index contributed by atoms with van der Waals surface area (Å²) in [7, 11) is 0. The van der Waals surface area contributed by atoms with Crippen LogP contribution in [0.2, 0.25) is 0 Å². The molecular formula is C18H23N3O4. The molecule has 1 aromatic carbocycles. The van der Waals surface area contributed by atoms with Gasteiger partial charge in [-0.2, -0.15) is 5.10 Å². The summed E-state index contributed by atoms with van der Waals surface area (Å²) in [5, 5.41) is 17.4. The van der Waals surface area contributed by atoms with Gasteiger partial charge in [-0.05, 0) is 37.6 Å². The van der Waals surface area contributed by atoms with E-state index in [4.69, 9.17) is 14.2 Å². The largest absolute Gasteiger partial charge is 0.491 e. The van der Waals surface area contributed by atoms with Gasteiger partial charge >= 0.3 is 0 Å². The van der Waals surface area contributed by atoms with Gasteiger partial charge in [0.25, 0.3) is 0 Å². The molecule has 0 radical (unpaired) electrons. The number of likely N-dealkylation sites (tertiary alicyclic amines) is 1. The number of fused-ring (bicyclic) bond motifs is 1. The SMILES string of the molecule is O[C@@H](COc1ccc2c(c1)OCO2)CN1CCC[C@@H](c2ccn[nH]2)C1. The highest BCUT2D eigenvalue weighted by Crippen LogP contribution is 2.35. The van der Waals surface area contributed by atoms with Crippen LogP contribution in [0, 0.1) is 0 Å². The van der Waals surface area contributed by atoms with Crippen LogP contribution < -0.4 is 14.2 Å². The Kier molecular flexibility index (Phi) is 4.76. The van der Waals surface area contributed by atoms with E-state index in [1.54, 1.807) is 12.3 Å². The molecule has 0 aliphatic carbocycles. The fraction of sp³-hybridized carbons (Fsp3) is 0.500. The third-order valence-corrected chi connectivity index (χ3v) is 4.72. The van der Waals surface area contributed by atoms with Gasteiger partial charge in [0.1, 0.15) is 18.5 Å². The van der Waals surface area contributed by atoms with Crippen molar-refractivity contribution in [1.29, 1.82) is 0 Å². The van der Waals surface area contributed by atoms with Crippen molar-refractivity contribution >= 4 is 0 Å². The Balaban J connectivity index is 1.26. The molecule has 2 atom stereocenters. The van der Waals surface area contributed by atoms with Crippen molar-refractivity contribution in [3.63, 3.8) is 0 Å². The number of hydrogen-bond donors (Lipinski definition) is 2. The van der Waals surface area contributed by atoms with Gasteiger partial charge < -0.3 is 19.3 Å². The number of aliphatic hydroxyl groups is 1. The van der Waals surface area contributed by atoms with Gasteiger partial charge in [-0.15, -0.1) is 0 Å². The van der Waals surface area contributed by atoms with Gasteiger partial charge in [0, 0.05) is 37.0 Å². The summed E-state index contributed by atoms with van der Waals surface area (Å²) < 4.78 is 16.3. The molecule has 0 unspecified atom stereocenters. The highest BCUT2D eigenvalue weighted by Gasteiger charge is 2.24. The molecule has 0 saturated carbocycles. The molecule has 25 heavy (non-hydrogen) atoms. The zero-order chi connectivity index (χ0) is 17.1. The van der Waals surface area contributed by atoms with Gasteiger partial charge in [-0.1, -0.05) is 0 Å². The maximum absolute atomic E-state index is 10.3. The normalized spacial score (nSPS) is 21.2. The number of nitrogens with zero attached hydrogens (tertiary/aromatic N) is 2. The first-order valence-electron chi connectivity index (χ1n) is 8.70. The van der Waals surface area contributed by atoms with Crippen LogP contribution in [-0.4, -0.2) is 59.3 Å². The number of piperidine rings is 1. The van der Waals surface area contributed by atoms with Crippen LogP contribution in [0.15, 0.2) is 30.5 Å². The number of hydrogen-bond acceptors (Lipinski definition) is 6. The van der Waals surface area contributed by atoms with Crippen LogP contribution >= 0.6 is 0 Å². The van der Waals surface area contributed by atoms with Gasteiger partial charge in [-0.3, -0.25) is 10.00 Å². The molecule has 2 aromatic rings. The molecule has 1 saturated heterocycles. The highest BCUT2D eigenvalue weighted by atomic mass is 16.7. The van der Waals surface area contributed by atoms with Crippen LogP contribution in [0.4, 0.5) is 0 Å². The minimum absolute atomic E-state index is 0.244. The third kappa shape index (κ3) is 3.88. The molecule has 3 heterocycles. The molecule has 2 N–H and O–H groups in total. The molecule has 134 valence electrons. The minimum atomic E-state index is -0.536. The van der Waals surface area contributed by atoms with Gasteiger partial charge in [0.15, 0.2) is 11.5 Å². The molecule has 0 spiro atoms. The number of H-pyrrole nitrogens is 1. The summed E-state index contributed by atoms with van der Waals surface area (Å²) in [5.74, 6) is 2.55. The Bertz CT molecular complexity index is 692. The van der Waals surface area contributed by atoms with Gasteiger partial charge in [0.05, 0.1) is 0 Å². The Labute approximate surface area is 146 Å². The van der Waals surface area contributed by atoms with Crippen LogP contribution in [0.1, 0.15) is 24.5 Å². The number of benzene rings is 1. The predicted molar refractivity (Wildman–Crippen MR) is 91.1 cm³/mol. The minimum Gasteiger partial charge on any atom is -0.491 e. The Morgan fingerprint density at radius 1 is 1.32 bits per heavy atom. The topological polar surface area (TPSA) is 79.8 Å². The van der Waals surface area contributed by atoms with E-state index in [-0.39, 0.29) is 13.4 Å². The zero-order valence-corrected chi connectivity index (χ0v) is 14.1. The smallest absolute Gasteiger partial charge is 0.231 e. The maximum atomic E-state index is 10.3. The number of aliphatic hydroxyl groups excluding tert-OH is 1. The first kappa shape index (κ1) is 16.2. The van der Waals surface area contributed by atoms with Crippen LogP contribution in [0.3, 0.4) is 0 Å². The van der Waals surface area contributed by atoms with Crippen LogP contribution in [0.25, 0.3) is 0 Å². The molecule has 7 nitrogen and oxygen atoms in total. The maximum Gasteiger partial charge on any atom is 0.231 e. The van der Waals surface area contributed by atoms with Crippen molar-refractivity contribution < 1.29 is 19.3 Å². The summed E-state index contributed by atoms with van der Waals surface area (Å²) in [4.78, 5) is 2.29. The summed E-state index contributed by atoms with van der Waals surface area (Å²) in [5.41, 5.74) is 1.18. The molecule has 0 amide bonds. The lowest BCUT2D eigenvalue weighted by Crippen LogP contribution is -2.41. The first-order valence-corrected chi connectivity index (χ1v) is 8.70. The lowest BCUT2D eigenvalue weighted by molar-refractivity contribution is 0.0580. The van der Waals surface area contributed by atoms with E-state index in [0.717, 1.165) is 31.7 Å². The lowest BCUT2D eigenvalue weighted by atomic mass is 9.95. The van der Waals surface area contributed by atoms with Crippen LogP contribution in [-0.2, 0) is 0 Å². The average Bonchev–Trinajstić information content (AvgIpc) is 3.31. The Morgan fingerprint density at radius 3 is 3.12 bits per heavy atom. The molecule has 1 fully saturated rings. The summed E-state index contributed by atoms with van der Waals surface area (Å²) in [6.45, 7) is 3.04. The number of aromatic amines is 1. The molecule has 1 aromatic heterocycles.